The van der Waals surface area contributed by atoms with Crippen LogP contribution in [0.5, 0.6) is 0 Å². The number of anilines is 4. The van der Waals surface area contributed by atoms with Crippen molar-refractivity contribution in [2.75, 3.05) is 41.3 Å². The lowest BCUT2D eigenvalue weighted by atomic mass is 10.2. The summed E-state index contributed by atoms with van der Waals surface area (Å²) in [7, 11) is 0. The lowest BCUT2D eigenvalue weighted by molar-refractivity contribution is 0.635. The highest BCUT2D eigenvalue weighted by Crippen LogP contribution is 2.23. The van der Waals surface area contributed by atoms with Crippen LogP contribution in [0.25, 0.3) is 0 Å². The number of nitrogens with one attached hydrogen (secondary N) is 1. The van der Waals surface area contributed by atoms with Gasteiger partial charge in [0.25, 0.3) is 0 Å². The molecule has 27 heavy (non-hydrogen) atoms. The Morgan fingerprint density at radius 3 is 2.52 bits per heavy atom. The maximum absolute atomic E-state index is 6.11. The lowest BCUT2D eigenvalue weighted by Crippen LogP contribution is -2.47. The van der Waals surface area contributed by atoms with Gasteiger partial charge in [-0.15, -0.1) is 5.10 Å². The van der Waals surface area contributed by atoms with Crippen molar-refractivity contribution in [3.8, 4) is 0 Å². The van der Waals surface area contributed by atoms with Crippen LogP contribution >= 0.6 is 11.6 Å². The van der Waals surface area contributed by atoms with Gasteiger partial charge in [-0.3, -0.25) is 0 Å². The Labute approximate surface area is 163 Å². The predicted octanol–water partition coefficient (Wildman–Crippen LogP) is 3.90. The van der Waals surface area contributed by atoms with Crippen molar-refractivity contribution < 1.29 is 0 Å². The van der Waals surface area contributed by atoms with Gasteiger partial charge in [0.15, 0.2) is 5.82 Å². The Bertz CT molecular complexity index is 924. The maximum Gasteiger partial charge on any atom is 0.247 e. The van der Waals surface area contributed by atoms with E-state index in [0.717, 1.165) is 48.1 Å². The fourth-order valence-corrected chi connectivity index (χ4v) is 3.36. The molecule has 0 amide bonds. The van der Waals surface area contributed by atoms with Gasteiger partial charge in [-0.1, -0.05) is 35.9 Å². The molecule has 1 fully saturated rings. The minimum atomic E-state index is 0.652. The van der Waals surface area contributed by atoms with Crippen LogP contribution in [-0.4, -0.2) is 41.4 Å². The highest BCUT2D eigenvalue weighted by atomic mass is 35.5. The Morgan fingerprint density at radius 1 is 0.963 bits per heavy atom. The maximum atomic E-state index is 6.11. The van der Waals surface area contributed by atoms with Crippen LogP contribution in [0.3, 0.4) is 0 Å². The lowest BCUT2D eigenvalue weighted by Gasteiger charge is -2.36. The first-order valence-electron chi connectivity index (χ1n) is 8.97. The Hall–Kier alpha value is -2.86. The molecule has 0 atom stereocenters. The molecule has 0 unspecified atom stereocenters. The van der Waals surface area contributed by atoms with Gasteiger partial charge in [0.1, 0.15) is 0 Å². The Kier molecular flexibility index (Phi) is 5.07. The van der Waals surface area contributed by atoms with E-state index in [0.29, 0.717) is 11.8 Å². The van der Waals surface area contributed by atoms with Crippen LogP contribution in [0, 0.1) is 6.92 Å². The number of rotatable bonds is 4. The van der Waals surface area contributed by atoms with Crippen molar-refractivity contribution in [3.05, 3.63) is 65.3 Å². The highest BCUT2D eigenvalue weighted by Gasteiger charge is 2.20. The largest absolute Gasteiger partial charge is 0.368 e. The second-order valence-corrected chi connectivity index (χ2v) is 6.97. The van der Waals surface area contributed by atoms with Gasteiger partial charge < -0.3 is 15.1 Å². The van der Waals surface area contributed by atoms with E-state index >= 15 is 0 Å². The van der Waals surface area contributed by atoms with Crippen molar-refractivity contribution in [2.45, 2.75) is 6.92 Å². The molecule has 0 bridgehead atoms. The third-order valence-electron chi connectivity index (χ3n) is 4.69. The molecule has 1 aromatic heterocycles. The first-order chi connectivity index (χ1) is 13.2. The average Bonchev–Trinajstić information content (AvgIpc) is 2.70. The van der Waals surface area contributed by atoms with Crippen LogP contribution in [0.2, 0.25) is 5.02 Å². The molecule has 1 saturated heterocycles. The number of para-hydroxylation sites is 1. The summed E-state index contributed by atoms with van der Waals surface area (Å²) in [6.07, 6.45) is 1.65. The molecule has 1 aliphatic heterocycles. The highest BCUT2D eigenvalue weighted by molar-refractivity contribution is 6.30. The van der Waals surface area contributed by atoms with Crippen LogP contribution in [0.1, 0.15) is 5.56 Å². The molecule has 6 nitrogen and oxygen atoms in total. The summed E-state index contributed by atoms with van der Waals surface area (Å²) < 4.78 is 0. The van der Waals surface area contributed by atoms with E-state index in [4.69, 9.17) is 11.6 Å². The second-order valence-electron chi connectivity index (χ2n) is 6.54. The van der Waals surface area contributed by atoms with E-state index in [9.17, 15) is 0 Å². The molecular weight excluding hydrogens is 360 g/mol. The van der Waals surface area contributed by atoms with Gasteiger partial charge in [0, 0.05) is 42.6 Å². The number of halogens is 1. The van der Waals surface area contributed by atoms with E-state index in [1.807, 2.05) is 36.4 Å². The van der Waals surface area contributed by atoms with Gasteiger partial charge in [0.05, 0.1) is 6.20 Å². The summed E-state index contributed by atoms with van der Waals surface area (Å²) in [5, 5.41) is 12.4. The first-order valence-corrected chi connectivity index (χ1v) is 9.35. The Morgan fingerprint density at radius 2 is 1.74 bits per heavy atom. The molecule has 2 aromatic carbocycles. The summed E-state index contributed by atoms with van der Waals surface area (Å²) in [6, 6.07) is 16.1. The van der Waals surface area contributed by atoms with Crippen molar-refractivity contribution in [2.24, 2.45) is 0 Å². The van der Waals surface area contributed by atoms with Gasteiger partial charge in [-0.2, -0.15) is 10.1 Å². The SMILES string of the molecule is Cc1ccccc1Nc1cnnc(N2CCN(c3cccc(Cl)c3)CC2)n1. The number of piperazine rings is 1. The summed E-state index contributed by atoms with van der Waals surface area (Å²) >= 11 is 6.11. The number of aryl methyl sites for hydroxylation is 1. The molecule has 138 valence electrons. The summed E-state index contributed by atoms with van der Waals surface area (Å²) in [6.45, 7) is 5.51. The van der Waals surface area contributed by atoms with Gasteiger partial charge in [0.2, 0.25) is 5.95 Å². The molecule has 7 heteroatoms. The number of benzene rings is 2. The predicted molar refractivity (Wildman–Crippen MR) is 110 cm³/mol. The molecule has 3 aromatic rings. The van der Waals surface area contributed by atoms with Crippen LogP contribution in [0.4, 0.5) is 23.1 Å². The van der Waals surface area contributed by atoms with Crippen LogP contribution in [-0.2, 0) is 0 Å². The van der Waals surface area contributed by atoms with Crippen LogP contribution in [0.15, 0.2) is 54.7 Å². The summed E-state index contributed by atoms with van der Waals surface area (Å²) in [5.41, 5.74) is 3.33. The van der Waals surface area contributed by atoms with Crippen molar-refractivity contribution in [3.63, 3.8) is 0 Å². The smallest absolute Gasteiger partial charge is 0.247 e. The minimum absolute atomic E-state index is 0.652. The fourth-order valence-electron chi connectivity index (χ4n) is 3.18. The molecule has 1 aliphatic rings. The Balaban J connectivity index is 1.43. The fraction of sp³-hybridized carbons (Fsp3) is 0.250. The van der Waals surface area contributed by atoms with Crippen molar-refractivity contribution >= 4 is 34.7 Å². The molecule has 4 rings (SSSR count). The van der Waals surface area contributed by atoms with Crippen LogP contribution < -0.4 is 15.1 Å². The minimum Gasteiger partial charge on any atom is -0.368 e. The monoisotopic (exact) mass is 380 g/mol. The zero-order valence-electron chi connectivity index (χ0n) is 15.1. The standard InChI is InChI=1S/C20H21ClN6/c1-15-5-2-3-8-18(15)23-19-14-22-25-20(24-19)27-11-9-26(10-12-27)17-7-4-6-16(21)13-17/h2-8,13-14H,9-12H2,1H3,(H,23,24,25). The number of nitrogens with zero attached hydrogens (tertiary/aromatic N) is 5. The average molecular weight is 381 g/mol. The second kappa shape index (κ2) is 7.80. The van der Waals surface area contributed by atoms with Crippen molar-refractivity contribution in [1.82, 2.24) is 15.2 Å². The van der Waals surface area contributed by atoms with Crippen molar-refractivity contribution in [1.29, 1.82) is 0 Å². The normalized spacial score (nSPS) is 14.3. The van der Waals surface area contributed by atoms with E-state index in [1.54, 1.807) is 6.20 Å². The number of hydrogen-bond acceptors (Lipinski definition) is 6. The van der Waals surface area contributed by atoms with Gasteiger partial charge >= 0.3 is 0 Å². The third-order valence-corrected chi connectivity index (χ3v) is 4.93. The van der Waals surface area contributed by atoms with E-state index in [-0.39, 0.29) is 0 Å². The zero-order valence-corrected chi connectivity index (χ0v) is 15.9. The van der Waals surface area contributed by atoms with Gasteiger partial charge in [-0.25, -0.2) is 0 Å². The van der Waals surface area contributed by atoms with E-state index in [2.05, 4.69) is 49.4 Å². The number of aromatic nitrogens is 3. The van der Waals surface area contributed by atoms with E-state index in [1.165, 1.54) is 0 Å². The third kappa shape index (κ3) is 4.11. The summed E-state index contributed by atoms with van der Waals surface area (Å²) in [5.74, 6) is 1.35. The topological polar surface area (TPSA) is 57.2 Å². The first kappa shape index (κ1) is 17.5. The molecule has 0 spiro atoms. The zero-order chi connectivity index (χ0) is 18.6. The number of hydrogen-bond donors (Lipinski definition) is 1. The van der Waals surface area contributed by atoms with Gasteiger partial charge in [-0.05, 0) is 36.8 Å². The summed E-state index contributed by atoms with van der Waals surface area (Å²) in [4.78, 5) is 9.13. The van der Waals surface area contributed by atoms with E-state index < -0.39 is 0 Å². The molecular formula is C20H21ClN6. The molecule has 0 saturated carbocycles. The molecule has 2 heterocycles. The molecule has 1 N–H and O–H groups in total. The quantitative estimate of drug-likeness (QED) is 0.740. The molecule has 0 radical (unpaired) electrons. The molecule has 0 aliphatic carbocycles.